The van der Waals surface area contributed by atoms with Crippen molar-refractivity contribution in [2.24, 2.45) is 5.10 Å². The summed E-state index contributed by atoms with van der Waals surface area (Å²) < 4.78 is 11.2. The number of benzene rings is 1. The highest BCUT2D eigenvalue weighted by Crippen LogP contribution is 2.30. The minimum absolute atomic E-state index is 0.0938. The van der Waals surface area contributed by atoms with E-state index >= 15 is 0 Å². The van der Waals surface area contributed by atoms with E-state index in [1.165, 1.54) is 24.3 Å². The maximum Gasteiger partial charge on any atom is 0.290 e. The Bertz CT molecular complexity index is 955. The Balaban J connectivity index is 1.56. The summed E-state index contributed by atoms with van der Waals surface area (Å²) in [5.41, 5.74) is 5.26. The molecule has 8 heteroatoms. The standard InChI is InChI=1S/C21H23N3O5/c1-13-18-16(22-23-20(26)14-5-7-15(25)8-6-14)3-2-4-17(18)29-19(13)21(27)24-9-11-28-12-10-24/h5-8,25H,2-4,9-12H2,1H3,(H,23,26)/b22-16+. The van der Waals surface area contributed by atoms with E-state index in [2.05, 4.69) is 10.5 Å². The van der Waals surface area contributed by atoms with E-state index in [0.717, 1.165) is 29.7 Å². The second-order valence-electron chi connectivity index (χ2n) is 7.16. The monoisotopic (exact) mass is 397 g/mol. The van der Waals surface area contributed by atoms with Crippen LogP contribution in [-0.2, 0) is 11.2 Å². The van der Waals surface area contributed by atoms with E-state index in [9.17, 15) is 14.7 Å². The molecule has 1 aliphatic carbocycles. The second-order valence-corrected chi connectivity index (χ2v) is 7.16. The van der Waals surface area contributed by atoms with Gasteiger partial charge in [0.05, 0.1) is 18.9 Å². The van der Waals surface area contributed by atoms with Crippen molar-refractivity contribution in [3.63, 3.8) is 0 Å². The molecule has 1 aromatic carbocycles. The second kappa shape index (κ2) is 8.08. The van der Waals surface area contributed by atoms with E-state index in [1.54, 1.807) is 4.90 Å². The molecule has 2 amide bonds. The van der Waals surface area contributed by atoms with Gasteiger partial charge in [-0.25, -0.2) is 5.43 Å². The lowest BCUT2D eigenvalue weighted by Crippen LogP contribution is -2.40. The molecule has 1 fully saturated rings. The maximum atomic E-state index is 12.9. The van der Waals surface area contributed by atoms with Gasteiger partial charge in [-0.3, -0.25) is 9.59 Å². The average Bonchev–Trinajstić information content (AvgIpc) is 3.10. The van der Waals surface area contributed by atoms with Crippen LogP contribution in [0.5, 0.6) is 5.75 Å². The normalized spacial score (nSPS) is 17.8. The van der Waals surface area contributed by atoms with Gasteiger partial charge in [-0.1, -0.05) is 0 Å². The Hall–Kier alpha value is -3.13. The first-order valence-corrected chi connectivity index (χ1v) is 9.70. The Labute approximate surface area is 168 Å². The van der Waals surface area contributed by atoms with Gasteiger partial charge in [-0.15, -0.1) is 0 Å². The molecule has 2 heterocycles. The molecule has 1 aliphatic heterocycles. The van der Waals surface area contributed by atoms with E-state index in [-0.39, 0.29) is 17.6 Å². The molecule has 29 heavy (non-hydrogen) atoms. The summed E-state index contributed by atoms with van der Waals surface area (Å²) in [6.45, 7) is 4.02. The summed E-state index contributed by atoms with van der Waals surface area (Å²) in [5.74, 6) is 0.679. The van der Waals surface area contributed by atoms with Gasteiger partial charge in [0.1, 0.15) is 11.5 Å². The molecular weight excluding hydrogens is 374 g/mol. The first-order chi connectivity index (χ1) is 14.0. The van der Waals surface area contributed by atoms with Crippen LogP contribution in [-0.4, -0.2) is 53.8 Å². The fraction of sp³-hybridized carbons (Fsp3) is 0.381. The van der Waals surface area contributed by atoms with Gasteiger partial charge >= 0.3 is 0 Å². The zero-order valence-electron chi connectivity index (χ0n) is 16.2. The number of aromatic hydroxyl groups is 1. The lowest BCUT2D eigenvalue weighted by Gasteiger charge is -2.26. The third kappa shape index (κ3) is 3.88. The predicted octanol–water partition coefficient (Wildman–Crippen LogP) is 2.24. The van der Waals surface area contributed by atoms with Crippen molar-refractivity contribution in [3.05, 3.63) is 52.5 Å². The zero-order chi connectivity index (χ0) is 20.4. The van der Waals surface area contributed by atoms with Gasteiger partial charge in [0.2, 0.25) is 0 Å². The number of amides is 2. The number of ether oxygens (including phenoxy) is 1. The van der Waals surface area contributed by atoms with E-state index < -0.39 is 0 Å². The number of hydrogen-bond acceptors (Lipinski definition) is 6. The quantitative estimate of drug-likeness (QED) is 0.773. The molecule has 152 valence electrons. The number of hydrazone groups is 1. The number of rotatable bonds is 3. The molecule has 0 radical (unpaired) electrons. The van der Waals surface area contributed by atoms with Crippen LogP contribution in [0.3, 0.4) is 0 Å². The molecule has 0 atom stereocenters. The average molecular weight is 397 g/mol. The molecule has 0 saturated carbocycles. The SMILES string of the molecule is Cc1c(C(=O)N2CCOCC2)oc2c1/C(=N/NC(=O)c1ccc(O)cc1)CCC2. The lowest BCUT2D eigenvalue weighted by atomic mass is 9.93. The summed E-state index contributed by atoms with van der Waals surface area (Å²) in [4.78, 5) is 26.9. The van der Waals surface area contributed by atoms with Crippen molar-refractivity contribution < 1.29 is 23.8 Å². The fourth-order valence-electron chi connectivity index (χ4n) is 3.69. The largest absolute Gasteiger partial charge is 0.508 e. The van der Waals surface area contributed by atoms with Gasteiger partial charge in [0.25, 0.3) is 11.8 Å². The number of carbonyl (C=O) groups excluding carboxylic acids is 2. The number of nitrogens with one attached hydrogen (secondary N) is 1. The molecule has 0 bridgehead atoms. The Morgan fingerprint density at radius 1 is 1.14 bits per heavy atom. The van der Waals surface area contributed by atoms with Gasteiger partial charge < -0.3 is 19.2 Å². The van der Waals surface area contributed by atoms with Crippen molar-refractivity contribution in [1.82, 2.24) is 10.3 Å². The topological polar surface area (TPSA) is 104 Å². The van der Waals surface area contributed by atoms with Crippen LogP contribution >= 0.6 is 0 Å². The smallest absolute Gasteiger partial charge is 0.290 e. The van der Waals surface area contributed by atoms with Crippen LogP contribution in [0, 0.1) is 6.92 Å². The summed E-state index contributed by atoms with van der Waals surface area (Å²) >= 11 is 0. The summed E-state index contributed by atoms with van der Waals surface area (Å²) in [6.07, 6.45) is 2.25. The molecule has 0 unspecified atom stereocenters. The number of hydrogen-bond donors (Lipinski definition) is 2. The first kappa shape index (κ1) is 19.2. The van der Waals surface area contributed by atoms with Crippen molar-refractivity contribution in [2.45, 2.75) is 26.2 Å². The van der Waals surface area contributed by atoms with Gasteiger partial charge in [-0.05, 0) is 44.0 Å². The highest BCUT2D eigenvalue weighted by Gasteiger charge is 2.30. The fourth-order valence-corrected chi connectivity index (χ4v) is 3.69. The summed E-state index contributed by atoms with van der Waals surface area (Å²) in [7, 11) is 0. The Kier molecular flexibility index (Phi) is 5.35. The molecule has 4 rings (SSSR count). The highest BCUT2D eigenvalue weighted by molar-refractivity contribution is 6.07. The molecule has 2 aromatic rings. The number of morpholine rings is 1. The molecule has 0 spiro atoms. The van der Waals surface area contributed by atoms with Gasteiger partial charge in [-0.2, -0.15) is 5.10 Å². The third-order valence-corrected chi connectivity index (χ3v) is 5.24. The van der Waals surface area contributed by atoms with Crippen LogP contribution in [0.2, 0.25) is 0 Å². The highest BCUT2D eigenvalue weighted by atomic mass is 16.5. The minimum atomic E-state index is -0.365. The molecule has 8 nitrogen and oxygen atoms in total. The van der Waals surface area contributed by atoms with Crippen LogP contribution in [0.4, 0.5) is 0 Å². The number of aryl methyl sites for hydroxylation is 1. The van der Waals surface area contributed by atoms with Crippen molar-refractivity contribution in [1.29, 1.82) is 0 Å². The minimum Gasteiger partial charge on any atom is -0.508 e. The molecule has 2 aliphatic rings. The Morgan fingerprint density at radius 2 is 1.86 bits per heavy atom. The first-order valence-electron chi connectivity index (χ1n) is 9.70. The third-order valence-electron chi connectivity index (χ3n) is 5.24. The van der Waals surface area contributed by atoms with Crippen molar-refractivity contribution >= 4 is 17.5 Å². The number of carbonyl (C=O) groups is 2. The van der Waals surface area contributed by atoms with Gasteiger partial charge in [0.15, 0.2) is 5.76 Å². The number of phenols is 1. The number of phenolic OH excluding ortho intramolecular Hbond substituents is 1. The number of furan rings is 1. The number of fused-ring (bicyclic) bond motifs is 1. The number of nitrogens with zero attached hydrogens (tertiary/aromatic N) is 2. The molecule has 1 saturated heterocycles. The van der Waals surface area contributed by atoms with Crippen molar-refractivity contribution in [3.8, 4) is 5.75 Å². The van der Waals surface area contributed by atoms with E-state index in [1.807, 2.05) is 6.92 Å². The van der Waals surface area contributed by atoms with E-state index in [0.29, 0.717) is 49.8 Å². The summed E-state index contributed by atoms with van der Waals surface area (Å²) in [5, 5.41) is 13.7. The van der Waals surface area contributed by atoms with Crippen LogP contribution in [0.25, 0.3) is 0 Å². The molecule has 1 aromatic heterocycles. The van der Waals surface area contributed by atoms with Crippen LogP contribution < -0.4 is 5.43 Å². The molecular formula is C21H23N3O5. The lowest BCUT2D eigenvalue weighted by molar-refractivity contribution is 0.0281. The van der Waals surface area contributed by atoms with Crippen LogP contribution in [0.1, 0.15) is 50.6 Å². The predicted molar refractivity (Wildman–Crippen MR) is 105 cm³/mol. The molecule has 2 N–H and O–H groups in total. The Morgan fingerprint density at radius 3 is 2.59 bits per heavy atom. The zero-order valence-corrected chi connectivity index (χ0v) is 16.2. The summed E-state index contributed by atoms with van der Waals surface area (Å²) in [6, 6.07) is 5.95. The maximum absolute atomic E-state index is 12.9. The van der Waals surface area contributed by atoms with Crippen LogP contribution in [0.15, 0.2) is 33.8 Å². The van der Waals surface area contributed by atoms with E-state index in [4.69, 9.17) is 9.15 Å². The van der Waals surface area contributed by atoms with Gasteiger partial charge in [0, 0.05) is 36.2 Å². The van der Waals surface area contributed by atoms with Crippen molar-refractivity contribution in [2.75, 3.05) is 26.3 Å².